The van der Waals surface area contributed by atoms with Gasteiger partial charge in [-0.1, -0.05) is 71.9 Å². The van der Waals surface area contributed by atoms with E-state index in [9.17, 15) is 0 Å². The van der Waals surface area contributed by atoms with E-state index >= 15 is 0 Å². The summed E-state index contributed by atoms with van der Waals surface area (Å²) >= 11 is 0. The molecule has 2 aromatic rings. The lowest BCUT2D eigenvalue weighted by Crippen LogP contribution is -2.20. The van der Waals surface area contributed by atoms with E-state index in [-0.39, 0.29) is 10.8 Å². The zero-order valence-corrected chi connectivity index (χ0v) is 14.2. The molecular formula is C20H27N. The largest absolute Gasteiger partial charge is 0.357 e. The van der Waals surface area contributed by atoms with Crippen molar-refractivity contribution in [3.8, 4) is 0 Å². The van der Waals surface area contributed by atoms with Gasteiger partial charge in [0.1, 0.15) is 0 Å². The molecule has 1 aliphatic carbocycles. The Hall–Kier alpha value is -1.50. The van der Waals surface area contributed by atoms with Crippen LogP contribution >= 0.6 is 0 Å². The fraction of sp³-hybridized carbons (Fsp3) is 0.500. The van der Waals surface area contributed by atoms with Crippen LogP contribution in [0.1, 0.15) is 70.7 Å². The van der Waals surface area contributed by atoms with Gasteiger partial charge in [-0.25, -0.2) is 0 Å². The molecule has 3 rings (SSSR count). The second-order valence-corrected chi connectivity index (χ2v) is 8.49. The number of para-hydroxylation sites is 1. The van der Waals surface area contributed by atoms with Crippen LogP contribution in [0.3, 0.4) is 0 Å². The van der Waals surface area contributed by atoms with E-state index in [1.807, 2.05) is 0 Å². The minimum atomic E-state index is 0.161. The summed E-state index contributed by atoms with van der Waals surface area (Å²) in [7, 11) is 0. The van der Waals surface area contributed by atoms with Gasteiger partial charge in [0.15, 0.2) is 0 Å². The second-order valence-electron chi connectivity index (χ2n) is 8.49. The number of H-pyrrole nitrogens is 1. The number of allylic oxidation sites excluding steroid dienone is 1. The van der Waals surface area contributed by atoms with Crippen LogP contribution in [0.4, 0.5) is 0 Å². The minimum absolute atomic E-state index is 0.161. The van der Waals surface area contributed by atoms with Crippen molar-refractivity contribution >= 4 is 17.0 Å². The van der Waals surface area contributed by atoms with Crippen molar-refractivity contribution in [1.82, 2.24) is 4.98 Å². The number of benzene rings is 1. The van der Waals surface area contributed by atoms with Crippen LogP contribution in [0.2, 0.25) is 0 Å². The highest BCUT2D eigenvalue weighted by molar-refractivity contribution is 5.94. The topological polar surface area (TPSA) is 15.8 Å². The standard InChI is InChI=1S/C20H27N/c1-19(2,3)15-11-7-9-13-14-10-8-12-16(20(4,5)6)18(14)21-17(13)15/h7-11,16,21H,12H2,1-6H3. The lowest BCUT2D eigenvalue weighted by Gasteiger charge is -2.31. The third kappa shape index (κ3) is 2.33. The van der Waals surface area contributed by atoms with Gasteiger partial charge >= 0.3 is 0 Å². The first-order valence-corrected chi connectivity index (χ1v) is 8.01. The molecule has 0 aliphatic heterocycles. The van der Waals surface area contributed by atoms with Crippen LogP contribution in [0, 0.1) is 5.41 Å². The molecule has 0 spiro atoms. The molecule has 1 aromatic heterocycles. The van der Waals surface area contributed by atoms with Crippen LogP contribution < -0.4 is 0 Å². The Morgan fingerprint density at radius 2 is 1.76 bits per heavy atom. The zero-order chi connectivity index (χ0) is 15.4. The Labute approximate surface area is 128 Å². The highest BCUT2D eigenvalue weighted by atomic mass is 14.8. The second kappa shape index (κ2) is 4.50. The highest BCUT2D eigenvalue weighted by Crippen LogP contribution is 2.45. The predicted molar refractivity (Wildman–Crippen MR) is 92.8 cm³/mol. The maximum atomic E-state index is 3.80. The Kier molecular flexibility index (Phi) is 3.09. The van der Waals surface area contributed by atoms with Gasteiger partial charge in [-0.3, -0.25) is 0 Å². The molecular weight excluding hydrogens is 254 g/mol. The number of aromatic amines is 1. The first kappa shape index (κ1) is 14.4. The molecule has 1 atom stereocenters. The van der Waals surface area contributed by atoms with Crippen LogP contribution in [0.25, 0.3) is 17.0 Å². The number of fused-ring (bicyclic) bond motifs is 3. The molecule has 1 aromatic carbocycles. The van der Waals surface area contributed by atoms with Gasteiger partial charge in [-0.2, -0.15) is 0 Å². The van der Waals surface area contributed by atoms with Gasteiger partial charge in [0.25, 0.3) is 0 Å². The summed E-state index contributed by atoms with van der Waals surface area (Å²) in [6.45, 7) is 13.9. The highest BCUT2D eigenvalue weighted by Gasteiger charge is 2.31. The molecule has 1 heterocycles. The Balaban J connectivity index is 2.29. The van der Waals surface area contributed by atoms with E-state index in [1.54, 1.807) is 0 Å². The first-order chi connectivity index (χ1) is 9.69. The Morgan fingerprint density at radius 3 is 2.38 bits per heavy atom. The van der Waals surface area contributed by atoms with E-state index in [2.05, 4.69) is 76.9 Å². The van der Waals surface area contributed by atoms with Crippen LogP contribution in [-0.4, -0.2) is 4.98 Å². The van der Waals surface area contributed by atoms with Crippen molar-refractivity contribution in [1.29, 1.82) is 0 Å². The normalized spacial score (nSPS) is 19.0. The van der Waals surface area contributed by atoms with Gasteiger partial charge in [-0.05, 0) is 22.8 Å². The molecule has 0 radical (unpaired) electrons. The van der Waals surface area contributed by atoms with Crippen LogP contribution in [-0.2, 0) is 5.41 Å². The predicted octanol–water partition coefficient (Wildman–Crippen LogP) is 6.01. The molecule has 1 heteroatoms. The van der Waals surface area contributed by atoms with Gasteiger partial charge in [-0.15, -0.1) is 0 Å². The monoisotopic (exact) mass is 281 g/mol. The molecule has 0 fully saturated rings. The summed E-state index contributed by atoms with van der Waals surface area (Å²) in [4.78, 5) is 3.80. The maximum absolute atomic E-state index is 3.80. The Morgan fingerprint density at radius 1 is 1.05 bits per heavy atom. The van der Waals surface area contributed by atoms with Crippen molar-refractivity contribution < 1.29 is 0 Å². The summed E-state index contributed by atoms with van der Waals surface area (Å²) in [5.41, 5.74) is 6.01. The van der Waals surface area contributed by atoms with Gasteiger partial charge in [0.05, 0.1) is 0 Å². The van der Waals surface area contributed by atoms with Crippen molar-refractivity contribution in [2.75, 3.05) is 0 Å². The van der Waals surface area contributed by atoms with Crippen molar-refractivity contribution in [2.45, 2.75) is 59.3 Å². The number of aromatic nitrogens is 1. The molecule has 1 nitrogen and oxygen atoms in total. The van der Waals surface area contributed by atoms with E-state index in [4.69, 9.17) is 0 Å². The lowest BCUT2D eigenvalue weighted by molar-refractivity contribution is 0.315. The molecule has 0 saturated carbocycles. The average Bonchev–Trinajstić information content (AvgIpc) is 2.74. The third-order valence-corrected chi connectivity index (χ3v) is 4.76. The van der Waals surface area contributed by atoms with E-state index < -0.39 is 0 Å². The zero-order valence-electron chi connectivity index (χ0n) is 14.2. The molecule has 112 valence electrons. The maximum Gasteiger partial charge on any atom is 0.0500 e. The quantitative estimate of drug-likeness (QED) is 0.608. The summed E-state index contributed by atoms with van der Waals surface area (Å²) in [6, 6.07) is 6.72. The minimum Gasteiger partial charge on any atom is -0.357 e. The number of rotatable bonds is 0. The molecule has 0 amide bonds. The molecule has 21 heavy (non-hydrogen) atoms. The molecule has 1 aliphatic rings. The van der Waals surface area contributed by atoms with E-state index in [1.165, 1.54) is 27.7 Å². The van der Waals surface area contributed by atoms with Crippen LogP contribution in [0.5, 0.6) is 0 Å². The Bertz CT molecular complexity index is 702. The molecule has 1 N–H and O–H groups in total. The summed E-state index contributed by atoms with van der Waals surface area (Å²) in [5.74, 6) is 0.567. The first-order valence-electron chi connectivity index (χ1n) is 8.01. The fourth-order valence-corrected chi connectivity index (χ4v) is 3.56. The van der Waals surface area contributed by atoms with Gasteiger partial charge < -0.3 is 4.98 Å². The smallest absolute Gasteiger partial charge is 0.0500 e. The van der Waals surface area contributed by atoms with Gasteiger partial charge in [0, 0.05) is 28.1 Å². The fourth-order valence-electron chi connectivity index (χ4n) is 3.56. The van der Waals surface area contributed by atoms with Crippen LogP contribution in [0.15, 0.2) is 24.3 Å². The number of hydrogen-bond acceptors (Lipinski definition) is 0. The van der Waals surface area contributed by atoms with E-state index in [0.29, 0.717) is 5.92 Å². The van der Waals surface area contributed by atoms with Crippen molar-refractivity contribution in [2.24, 2.45) is 5.41 Å². The molecule has 1 unspecified atom stereocenters. The lowest BCUT2D eigenvalue weighted by atomic mass is 9.74. The summed E-state index contributed by atoms with van der Waals surface area (Å²) < 4.78 is 0. The van der Waals surface area contributed by atoms with E-state index in [0.717, 1.165) is 6.42 Å². The third-order valence-electron chi connectivity index (χ3n) is 4.76. The summed E-state index contributed by atoms with van der Waals surface area (Å²) in [5, 5.41) is 1.38. The number of hydrogen-bond donors (Lipinski definition) is 1. The van der Waals surface area contributed by atoms with Crippen molar-refractivity contribution in [3.63, 3.8) is 0 Å². The SMILES string of the molecule is CC(C)(C)c1cccc2c3c([nH]c12)C(C(C)(C)C)CC=C3. The van der Waals surface area contributed by atoms with Crippen molar-refractivity contribution in [3.05, 3.63) is 41.1 Å². The van der Waals surface area contributed by atoms with Gasteiger partial charge in [0.2, 0.25) is 0 Å². The molecule has 0 bridgehead atoms. The average molecular weight is 281 g/mol. The molecule has 0 saturated heterocycles. The number of nitrogens with one attached hydrogen (secondary N) is 1. The summed E-state index contributed by atoms with van der Waals surface area (Å²) in [6.07, 6.45) is 5.78.